The van der Waals surface area contributed by atoms with Crippen LogP contribution in [0, 0.1) is 6.92 Å². The van der Waals surface area contributed by atoms with E-state index in [4.69, 9.17) is 9.72 Å². The van der Waals surface area contributed by atoms with Crippen LogP contribution >= 0.6 is 0 Å². The molecule has 0 saturated carbocycles. The van der Waals surface area contributed by atoms with Crippen molar-refractivity contribution in [1.29, 1.82) is 0 Å². The predicted octanol–water partition coefficient (Wildman–Crippen LogP) is -0.322. The maximum absolute atomic E-state index is 12.7. The van der Waals surface area contributed by atoms with E-state index in [-0.39, 0.29) is 17.2 Å². The Hall–Kier alpha value is -3.01. The predicted molar refractivity (Wildman–Crippen MR) is 107 cm³/mol. The normalized spacial score (nSPS) is 17.5. The molecule has 0 atom stereocenters. The number of hydrogen-bond acceptors (Lipinski definition) is 8. The van der Waals surface area contributed by atoms with E-state index < -0.39 is 0 Å². The second-order valence-corrected chi connectivity index (χ2v) is 7.23. The summed E-state index contributed by atoms with van der Waals surface area (Å²) in [6, 6.07) is 4.85. The van der Waals surface area contributed by atoms with E-state index in [0.717, 1.165) is 24.6 Å². The molecule has 2 aromatic heterocycles. The highest BCUT2D eigenvalue weighted by molar-refractivity contribution is 5.92. The van der Waals surface area contributed by atoms with Gasteiger partial charge in [-0.15, -0.1) is 0 Å². The molecule has 0 unspecified atom stereocenters. The molecule has 10 heteroatoms. The Balaban J connectivity index is 1.44. The summed E-state index contributed by atoms with van der Waals surface area (Å²) in [5.41, 5.74) is 0.963. The summed E-state index contributed by atoms with van der Waals surface area (Å²) in [5, 5.41) is 4.06. The fraction of sp³-hybridized carbons (Fsp3) is 0.526. The van der Waals surface area contributed by atoms with Gasteiger partial charge < -0.3 is 19.4 Å². The molecule has 4 rings (SSSR count). The highest BCUT2D eigenvalue weighted by atomic mass is 16.5. The van der Waals surface area contributed by atoms with Crippen molar-refractivity contribution in [3.8, 4) is 0 Å². The largest absolute Gasteiger partial charge is 0.378 e. The molecule has 0 radical (unpaired) electrons. The quantitative estimate of drug-likeness (QED) is 0.693. The van der Waals surface area contributed by atoms with Crippen molar-refractivity contribution in [2.75, 3.05) is 62.3 Å². The minimum Gasteiger partial charge on any atom is -0.378 e. The third kappa shape index (κ3) is 4.21. The number of morpholine rings is 1. The van der Waals surface area contributed by atoms with Crippen LogP contribution in [0.2, 0.25) is 0 Å². The van der Waals surface area contributed by atoms with Crippen molar-refractivity contribution in [2.45, 2.75) is 6.92 Å². The highest BCUT2D eigenvalue weighted by Crippen LogP contribution is 2.20. The molecule has 2 aliphatic rings. The van der Waals surface area contributed by atoms with Crippen molar-refractivity contribution < 1.29 is 9.53 Å². The number of aryl methyl sites for hydroxylation is 2. The SMILES string of the molecule is Cc1cc(N2CCOCC2)nc(N2CCN(C(=O)c3ccc(=O)n(C)n3)CC2)n1. The summed E-state index contributed by atoms with van der Waals surface area (Å²) in [7, 11) is 1.54. The first kappa shape index (κ1) is 19.3. The van der Waals surface area contributed by atoms with E-state index in [9.17, 15) is 9.59 Å². The minimum atomic E-state index is -0.237. The van der Waals surface area contributed by atoms with Crippen molar-refractivity contribution in [2.24, 2.45) is 7.05 Å². The number of amides is 1. The smallest absolute Gasteiger partial charge is 0.274 e. The summed E-state index contributed by atoms with van der Waals surface area (Å²) in [5.74, 6) is 1.45. The highest BCUT2D eigenvalue weighted by Gasteiger charge is 2.25. The van der Waals surface area contributed by atoms with Gasteiger partial charge in [-0.2, -0.15) is 10.1 Å². The lowest BCUT2D eigenvalue weighted by Gasteiger charge is -2.35. The average molecular weight is 399 g/mol. The summed E-state index contributed by atoms with van der Waals surface area (Å²) in [4.78, 5) is 39.6. The maximum Gasteiger partial charge on any atom is 0.274 e. The Labute approximate surface area is 168 Å². The fourth-order valence-electron chi connectivity index (χ4n) is 3.52. The van der Waals surface area contributed by atoms with Crippen LogP contribution in [0.25, 0.3) is 0 Å². The molecule has 2 saturated heterocycles. The second-order valence-electron chi connectivity index (χ2n) is 7.23. The molecule has 154 valence electrons. The molecule has 1 amide bonds. The summed E-state index contributed by atoms with van der Waals surface area (Å²) >= 11 is 0. The van der Waals surface area contributed by atoms with Crippen molar-refractivity contribution in [1.82, 2.24) is 24.6 Å². The maximum atomic E-state index is 12.7. The zero-order valence-corrected chi connectivity index (χ0v) is 16.7. The Morgan fingerprint density at radius 2 is 1.72 bits per heavy atom. The zero-order chi connectivity index (χ0) is 20.4. The van der Waals surface area contributed by atoms with E-state index in [2.05, 4.69) is 19.9 Å². The zero-order valence-electron chi connectivity index (χ0n) is 16.7. The van der Waals surface area contributed by atoms with Crippen LogP contribution in [0.3, 0.4) is 0 Å². The molecule has 2 aromatic rings. The molecular formula is C19H25N7O3. The average Bonchev–Trinajstić information content (AvgIpc) is 2.75. The number of rotatable bonds is 3. The van der Waals surface area contributed by atoms with Gasteiger partial charge in [-0.1, -0.05) is 0 Å². The van der Waals surface area contributed by atoms with Crippen molar-refractivity contribution in [3.63, 3.8) is 0 Å². The van der Waals surface area contributed by atoms with Gasteiger partial charge in [0.2, 0.25) is 5.95 Å². The first-order valence-electron chi connectivity index (χ1n) is 9.78. The number of nitrogens with zero attached hydrogens (tertiary/aromatic N) is 7. The number of carbonyl (C=O) groups is 1. The van der Waals surface area contributed by atoms with Gasteiger partial charge in [0.1, 0.15) is 11.5 Å². The lowest BCUT2D eigenvalue weighted by Crippen LogP contribution is -2.49. The van der Waals surface area contributed by atoms with E-state index in [1.54, 1.807) is 4.90 Å². The molecular weight excluding hydrogens is 374 g/mol. The number of aromatic nitrogens is 4. The number of hydrogen-bond donors (Lipinski definition) is 0. The molecule has 10 nitrogen and oxygen atoms in total. The minimum absolute atomic E-state index is 0.167. The van der Waals surface area contributed by atoms with E-state index >= 15 is 0 Å². The van der Waals surface area contributed by atoms with E-state index in [1.807, 2.05) is 13.0 Å². The Morgan fingerprint density at radius 1 is 1.00 bits per heavy atom. The molecule has 0 spiro atoms. The second kappa shape index (κ2) is 8.16. The van der Waals surface area contributed by atoms with Gasteiger partial charge in [0.25, 0.3) is 11.5 Å². The van der Waals surface area contributed by atoms with E-state index in [1.165, 1.54) is 23.9 Å². The lowest BCUT2D eigenvalue weighted by molar-refractivity contribution is 0.0737. The van der Waals surface area contributed by atoms with Gasteiger partial charge in [0, 0.05) is 64.1 Å². The Morgan fingerprint density at radius 3 is 2.41 bits per heavy atom. The number of carbonyl (C=O) groups excluding carboxylic acids is 1. The van der Waals surface area contributed by atoms with Gasteiger partial charge in [-0.25, -0.2) is 9.67 Å². The van der Waals surface area contributed by atoms with Crippen LogP contribution in [0.5, 0.6) is 0 Å². The Kier molecular flexibility index (Phi) is 5.43. The summed E-state index contributed by atoms with van der Waals surface area (Å²) in [6.45, 7) is 7.42. The molecule has 2 aliphatic heterocycles. The number of piperazine rings is 1. The van der Waals surface area contributed by atoms with Crippen LogP contribution in [0.15, 0.2) is 23.0 Å². The lowest BCUT2D eigenvalue weighted by atomic mass is 10.2. The van der Waals surface area contributed by atoms with Crippen LogP contribution < -0.4 is 15.4 Å². The third-order valence-corrected chi connectivity index (χ3v) is 5.19. The third-order valence-electron chi connectivity index (χ3n) is 5.19. The van der Waals surface area contributed by atoms with Gasteiger partial charge in [0.15, 0.2) is 0 Å². The van der Waals surface area contributed by atoms with Crippen LogP contribution in [-0.4, -0.2) is 83.0 Å². The molecule has 0 aliphatic carbocycles. The van der Waals surface area contributed by atoms with E-state index in [0.29, 0.717) is 45.3 Å². The van der Waals surface area contributed by atoms with Crippen LogP contribution in [0.4, 0.5) is 11.8 Å². The van der Waals surface area contributed by atoms with Gasteiger partial charge in [-0.3, -0.25) is 9.59 Å². The van der Waals surface area contributed by atoms with Crippen molar-refractivity contribution in [3.05, 3.63) is 39.9 Å². The number of anilines is 2. The topological polar surface area (TPSA) is 96.7 Å². The summed E-state index contributed by atoms with van der Waals surface area (Å²) < 4.78 is 6.60. The molecule has 0 N–H and O–H groups in total. The first-order chi connectivity index (χ1) is 14.0. The number of ether oxygens (including phenoxy) is 1. The van der Waals surface area contributed by atoms with Crippen LogP contribution in [0.1, 0.15) is 16.2 Å². The van der Waals surface area contributed by atoms with Crippen LogP contribution in [-0.2, 0) is 11.8 Å². The fourth-order valence-corrected chi connectivity index (χ4v) is 3.52. The molecule has 29 heavy (non-hydrogen) atoms. The first-order valence-corrected chi connectivity index (χ1v) is 9.78. The van der Waals surface area contributed by atoms with Gasteiger partial charge >= 0.3 is 0 Å². The molecule has 0 bridgehead atoms. The van der Waals surface area contributed by atoms with Gasteiger partial charge in [0.05, 0.1) is 13.2 Å². The molecule has 0 aromatic carbocycles. The standard InChI is InChI=1S/C19H25N7O3/c1-14-13-16(24-9-11-29-12-10-24)21-19(20-14)26-7-5-25(6-8-26)18(28)15-3-4-17(27)23(2)22-15/h3-4,13H,5-12H2,1-2H3. The van der Waals surface area contributed by atoms with Gasteiger partial charge in [-0.05, 0) is 13.0 Å². The molecule has 4 heterocycles. The monoisotopic (exact) mass is 399 g/mol. The summed E-state index contributed by atoms with van der Waals surface area (Å²) in [6.07, 6.45) is 0. The Bertz CT molecular complexity index is 947. The molecule has 2 fully saturated rings. The van der Waals surface area contributed by atoms with Crippen molar-refractivity contribution >= 4 is 17.7 Å².